The van der Waals surface area contributed by atoms with Gasteiger partial charge in [0.05, 0.1) is 0 Å². The summed E-state index contributed by atoms with van der Waals surface area (Å²) in [6.07, 6.45) is 2.97. The fourth-order valence-corrected chi connectivity index (χ4v) is 1.71. The van der Waals surface area contributed by atoms with E-state index in [-0.39, 0.29) is 13.2 Å². The first-order chi connectivity index (χ1) is 9.70. The van der Waals surface area contributed by atoms with Crippen molar-refractivity contribution in [2.75, 3.05) is 13.2 Å². The van der Waals surface area contributed by atoms with Crippen molar-refractivity contribution in [2.45, 2.75) is 0 Å². The molecule has 0 saturated heterocycles. The van der Waals surface area contributed by atoms with Crippen LogP contribution < -0.4 is 20.8 Å². The highest BCUT2D eigenvalue weighted by atomic mass is 16.7. The maximum absolute atomic E-state index is 12.0. The SMILES string of the molecule is C=CCOn1c(=O)c(=O)n(OCC=C)c2ccccc21. The van der Waals surface area contributed by atoms with Gasteiger partial charge < -0.3 is 9.68 Å². The molecule has 0 atom stereocenters. The second kappa shape index (κ2) is 5.92. The van der Waals surface area contributed by atoms with Crippen LogP contribution in [-0.2, 0) is 0 Å². The molecule has 0 aliphatic carbocycles. The summed E-state index contributed by atoms with van der Waals surface area (Å²) in [5, 5.41) is 0. The Morgan fingerprint density at radius 3 is 1.65 bits per heavy atom. The Balaban J connectivity index is 2.74. The van der Waals surface area contributed by atoms with E-state index in [0.717, 1.165) is 9.46 Å². The number of hydrogen-bond acceptors (Lipinski definition) is 4. The van der Waals surface area contributed by atoms with Crippen molar-refractivity contribution in [3.8, 4) is 0 Å². The van der Waals surface area contributed by atoms with Gasteiger partial charge in [0.15, 0.2) is 0 Å². The molecular formula is C14H14N2O4. The van der Waals surface area contributed by atoms with E-state index < -0.39 is 11.1 Å². The molecule has 0 fully saturated rings. The van der Waals surface area contributed by atoms with Gasteiger partial charge in [-0.15, -0.1) is 9.46 Å². The van der Waals surface area contributed by atoms with Crippen molar-refractivity contribution in [3.05, 3.63) is 70.3 Å². The predicted octanol–water partition coefficient (Wildman–Crippen LogP) is 0.392. The van der Waals surface area contributed by atoms with Gasteiger partial charge in [0.1, 0.15) is 24.2 Å². The highest BCUT2D eigenvalue weighted by molar-refractivity contribution is 5.74. The van der Waals surface area contributed by atoms with E-state index in [9.17, 15) is 9.59 Å². The molecule has 1 heterocycles. The molecule has 1 aromatic carbocycles. The van der Waals surface area contributed by atoms with Crippen LogP contribution in [0.25, 0.3) is 11.0 Å². The van der Waals surface area contributed by atoms with Crippen molar-refractivity contribution in [1.29, 1.82) is 0 Å². The predicted molar refractivity (Wildman–Crippen MR) is 75.8 cm³/mol. The summed E-state index contributed by atoms with van der Waals surface area (Å²) in [5.41, 5.74) is -0.782. The molecular weight excluding hydrogens is 260 g/mol. The minimum atomic E-state index is -0.824. The number of aromatic nitrogens is 2. The van der Waals surface area contributed by atoms with Crippen LogP contribution in [0.2, 0.25) is 0 Å². The highest BCUT2D eigenvalue weighted by Gasteiger charge is 2.14. The fraction of sp³-hybridized carbons (Fsp3) is 0.143. The smallest absolute Gasteiger partial charge is 0.352 e. The Kier molecular flexibility index (Phi) is 4.05. The molecule has 0 radical (unpaired) electrons. The monoisotopic (exact) mass is 274 g/mol. The first-order valence-corrected chi connectivity index (χ1v) is 5.96. The van der Waals surface area contributed by atoms with Crippen LogP contribution in [0, 0.1) is 0 Å². The Bertz CT molecular complexity index is 693. The van der Waals surface area contributed by atoms with Crippen LogP contribution >= 0.6 is 0 Å². The zero-order chi connectivity index (χ0) is 14.5. The van der Waals surface area contributed by atoms with E-state index in [4.69, 9.17) is 9.68 Å². The molecule has 6 heteroatoms. The molecule has 0 unspecified atom stereocenters. The number of para-hydroxylation sites is 2. The molecule has 0 spiro atoms. The zero-order valence-corrected chi connectivity index (χ0v) is 10.8. The average Bonchev–Trinajstić information content (AvgIpc) is 2.47. The summed E-state index contributed by atoms with van der Waals surface area (Å²) in [6.45, 7) is 7.24. The molecule has 0 amide bonds. The van der Waals surface area contributed by atoms with Gasteiger partial charge in [0, 0.05) is 0 Å². The van der Waals surface area contributed by atoms with Gasteiger partial charge in [-0.3, -0.25) is 9.59 Å². The lowest BCUT2D eigenvalue weighted by Crippen LogP contribution is -2.45. The molecule has 6 nitrogen and oxygen atoms in total. The van der Waals surface area contributed by atoms with E-state index in [1.807, 2.05) is 0 Å². The maximum Gasteiger partial charge on any atom is 0.352 e. The third-order valence-corrected chi connectivity index (χ3v) is 2.51. The van der Waals surface area contributed by atoms with Crippen molar-refractivity contribution in [2.24, 2.45) is 0 Å². The summed E-state index contributed by atoms with van der Waals surface area (Å²) >= 11 is 0. The summed E-state index contributed by atoms with van der Waals surface area (Å²) in [5.74, 6) is 0. The topological polar surface area (TPSA) is 62.5 Å². The lowest BCUT2D eigenvalue weighted by atomic mass is 10.3. The lowest BCUT2D eigenvalue weighted by Gasteiger charge is -2.14. The van der Waals surface area contributed by atoms with E-state index in [2.05, 4.69) is 13.2 Å². The number of fused-ring (bicyclic) bond motifs is 1. The van der Waals surface area contributed by atoms with E-state index in [0.29, 0.717) is 11.0 Å². The summed E-state index contributed by atoms with van der Waals surface area (Å²) in [7, 11) is 0. The van der Waals surface area contributed by atoms with Crippen molar-refractivity contribution in [1.82, 2.24) is 9.46 Å². The van der Waals surface area contributed by atoms with Crippen molar-refractivity contribution < 1.29 is 9.68 Å². The molecule has 0 N–H and O–H groups in total. The molecule has 0 bridgehead atoms. The van der Waals surface area contributed by atoms with Gasteiger partial charge in [-0.2, -0.15) is 0 Å². The zero-order valence-electron chi connectivity index (χ0n) is 10.8. The van der Waals surface area contributed by atoms with Gasteiger partial charge in [-0.05, 0) is 12.1 Å². The van der Waals surface area contributed by atoms with Gasteiger partial charge >= 0.3 is 11.1 Å². The first kappa shape index (κ1) is 13.7. The number of hydrogen-bond donors (Lipinski definition) is 0. The molecule has 0 aliphatic heterocycles. The van der Waals surface area contributed by atoms with Crippen LogP contribution in [0.5, 0.6) is 0 Å². The normalized spacial score (nSPS) is 10.2. The Morgan fingerprint density at radius 1 is 0.900 bits per heavy atom. The van der Waals surface area contributed by atoms with Crippen molar-refractivity contribution >= 4 is 11.0 Å². The lowest BCUT2D eigenvalue weighted by molar-refractivity contribution is 0.112. The van der Waals surface area contributed by atoms with Crippen LogP contribution in [0.1, 0.15) is 0 Å². The van der Waals surface area contributed by atoms with Gasteiger partial charge in [-0.25, -0.2) is 0 Å². The molecule has 0 aliphatic rings. The molecule has 2 rings (SSSR count). The fourth-order valence-electron chi connectivity index (χ4n) is 1.71. The van der Waals surface area contributed by atoms with Crippen molar-refractivity contribution in [3.63, 3.8) is 0 Å². The maximum atomic E-state index is 12.0. The molecule has 2 aromatic rings. The summed E-state index contributed by atoms with van der Waals surface area (Å²) in [4.78, 5) is 34.5. The van der Waals surface area contributed by atoms with E-state index >= 15 is 0 Å². The number of rotatable bonds is 6. The molecule has 1 aromatic heterocycles. The van der Waals surface area contributed by atoms with E-state index in [1.54, 1.807) is 24.3 Å². The molecule has 0 saturated carbocycles. The van der Waals surface area contributed by atoms with Gasteiger partial charge in [-0.1, -0.05) is 37.4 Å². The second-order valence-electron chi connectivity index (χ2n) is 3.86. The minimum Gasteiger partial charge on any atom is -0.406 e. The minimum absolute atomic E-state index is 0.112. The first-order valence-electron chi connectivity index (χ1n) is 5.96. The highest BCUT2D eigenvalue weighted by Crippen LogP contribution is 2.08. The van der Waals surface area contributed by atoms with Crippen LogP contribution in [0.4, 0.5) is 0 Å². The third-order valence-electron chi connectivity index (χ3n) is 2.51. The number of benzene rings is 1. The third kappa shape index (κ3) is 2.35. The molecule has 104 valence electrons. The Hall–Kier alpha value is -2.76. The molecule has 20 heavy (non-hydrogen) atoms. The van der Waals surface area contributed by atoms with Gasteiger partial charge in [0.2, 0.25) is 0 Å². The summed E-state index contributed by atoms with van der Waals surface area (Å²) in [6, 6.07) is 6.79. The van der Waals surface area contributed by atoms with Gasteiger partial charge in [0.25, 0.3) is 0 Å². The summed E-state index contributed by atoms with van der Waals surface area (Å²) < 4.78 is 1.90. The number of nitrogens with zero attached hydrogens (tertiary/aromatic N) is 2. The standard InChI is InChI=1S/C14H14N2O4/c1-3-9-19-15-11-7-5-6-8-12(11)16(20-10-4-2)14(18)13(15)17/h3-8H,1-2,9-10H2. The second-order valence-corrected chi connectivity index (χ2v) is 3.86. The van der Waals surface area contributed by atoms with Crippen LogP contribution in [0.3, 0.4) is 0 Å². The quantitative estimate of drug-likeness (QED) is 0.565. The largest absolute Gasteiger partial charge is 0.406 e. The van der Waals surface area contributed by atoms with Crippen LogP contribution in [-0.4, -0.2) is 22.7 Å². The van der Waals surface area contributed by atoms with Crippen LogP contribution in [0.15, 0.2) is 59.2 Å². The Labute approximate surface area is 114 Å². The average molecular weight is 274 g/mol. The van der Waals surface area contributed by atoms with E-state index in [1.165, 1.54) is 12.2 Å². The Morgan fingerprint density at radius 2 is 1.30 bits per heavy atom.